The fourth-order valence-corrected chi connectivity index (χ4v) is 3.65. The van der Waals surface area contributed by atoms with Crippen LogP contribution in [0.15, 0.2) is 6.07 Å². The lowest BCUT2D eigenvalue weighted by atomic mass is 9.97. The van der Waals surface area contributed by atoms with Crippen LogP contribution in [0.3, 0.4) is 0 Å². The van der Waals surface area contributed by atoms with E-state index in [-0.39, 0.29) is 12.5 Å². The fraction of sp³-hybridized carbons (Fsp3) is 0.583. The van der Waals surface area contributed by atoms with Crippen molar-refractivity contribution < 1.29 is 9.90 Å². The van der Waals surface area contributed by atoms with E-state index < -0.39 is 5.60 Å². The Morgan fingerprint density at radius 1 is 1.53 bits per heavy atom. The Morgan fingerprint density at radius 2 is 2.16 bits per heavy atom. The summed E-state index contributed by atoms with van der Waals surface area (Å²) in [4.78, 5) is 12.1. The van der Waals surface area contributed by atoms with Gasteiger partial charge in [0.25, 0.3) is 5.91 Å². The molecule has 0 atom stereocenters. The van der Waals surface area contributed by atoms with Gasteiger partial charge in [-0.3, -0.25) is 4.79 Å². The third kappa shape index (κ3) is 3.40. The highest BCUT2D eigenvalue weighted by Crippen LogP contribution is 2.27. The van der Waals surface area contributed by atoms with Crippen molar-refractivity contribution >= 4 is 40.9 Å². The van der Waals surface area contributed by atoms with Crippen molar-refractivity contribution in [2.24, 2.45) is 7.05 Å². The van der Waals surface area contributed by atoms with Crippen molar-refractivity contribution in [2.75, 3.05) is 18.1 Å². The first kappa shape index (κ1) is 15.0. The summed E-state index contributed by atoms with van der Waals surface area (Å²) in [7, 11) is 1.68. The lowest BCUT2D eigenvalue weighted by Gasteiger charge is -2.31. The molecule has 1 amide bonds. The van der Waals surface area contributed by atoms with Crippen molar-refractivity contribution in [1.82, 2.24) is 9.88 Å². The Balaban J connectivity index is 1.99. The number of carbonyl (C=O) groups is 1. The maximum Gasteiger partial charge on any atom is 0.268 e. The van der Waals surface area contributed by atoms with E-state index in [9.17, 15) is 9.90 Å². The second-order valence-electron chi connectivity index (χ2n) is 4.75. The van der Waals surface area contributed by atoms with Crippen LogP contribution in [-0.2, 0) is 7.05 Å². The topological polar surface area (TPSA) is 54.3 Å². The molecule has 106 valence electrons. The molecule has 19 heavy (non-hydrogen) atoms. The molecule has 0 radical (unpaired) electrons. The molecular weight excluding hydrogens is 307 g/mol. The second kappa shape index (κ2) is 5.95. The maximum atomic E-state index is 12.1. The van der Waals surface area contributed by atoms with Crippen LogP contribution in [0.4, 0.5) is 0 Å². The number of hydrogen-bond donors (Lipinski definition) is 2. The highest BCUT2D eigenvalue weighted by molar-refractivity contribution is 7.99. The zero-order chi connectivity index (χ0) is 14.0. The molecule has 0 saturated carbocycles. The van der Waals surface area contributed by atoms with Crippen molar-refractivity contribution in [3.63, 3.8) is 0 Å². The lowest BCUT2D eigenvalue weighted by Crippen LogP contribution is -2.45. The summed E-state index contributed by atoms with van der Waals surface area (Å²) in [5, 5.41) is 13.7. The quantitative estimate of drug-likeness (QED) is 0.898. The minimum Gasteiger partial charge on any atom is -0.388 e. The second-order valence-corrected chi connectivity index (χ2v) is 6.74. The normalized spacial score (nSPS) is 18.3. The third-order valence-electron chi connectivity index (χ3n) is 3.35. The zero-order valence-corrected chi connectivity index (χ0v) is 12.9. The largest absolute Gasteiger partial charge is 0.388 e. The molecule has 2 heterocycles. The smallest absolute Gasteiger partial charge is 0.268 e. The van der Waals surface area contributed by atoms with Crippen LogP contribution in [0.2, 0.25) is 10.2 Å². The molecule has 7 heteroatoms. The minimum atomic E-state index is -0.792. The van der Waals surface area contributed by atoms with Gasteiger partial charge in [0.15, 0.2) is 0 Å². The Morgan fingerprint density at radius 3 is 2.68 bits per heavy atom. The Bertz CT molecular complexity index is 484. The van der Waals surface area contributed by atoms with E-state index in [1.54, 1.807) is 7.05 Å². The summed E-state index contributed by atoms with van der Waals surface area (Å²) in [6.07, 6.45) is 1.40. The number of hydrogen-bond acceptors (Lipinski definition) is 3. The monoisotopic (exact) mass is 322 g/mol. The summed E-state index contributed by atoms with van der Waals surface area (Å²) in [5.74, 6) is 1.57. The predicted octanol–water partition coefficient (Wildman–Crippen LogP) is 2.32. The van der Waals surface area contributed by atoms with E-state index in [2.05, 4.69) is 5.32 Å². The van der Waals surface area contributed by atoms with Gasteiger partial charge in [0, 0.05) is 13.6 Å². The number of aliphatic hydroxyl groups is 1. The number of aromatic nitrogens is 1. The van der Waals surface area contributed by atoms with Gasteiger partial charge in [0.1, 0.15) is 10.8 Å². The van der Waals surface area contributed by atoms with Crippen LogP contribution in [0.1, 0.15) is 23.3 Å². The highest BCUT2D eigenvalue weighted by Gasteiger charge is 2.30. The van der Waals surface area contributed by atoms with E-state index in [1.807, 2.05) is 11.8 Å². The van der Waals surface area contributed by atoms with Crippen molar-refractivity contribution in [1.29, 1.82) is 0 Å². The van der Waals surface area contributed by atoms with Gasteiger partial charge in [-0.05, 0) is 30.4 Å². The standard InChI is InChI=1S/C12H16Cl2N2O2S/c1-16-9(6-8(13)10(16)14)11(17)15-7-12(18)2-4-19-5-3-12/h6,18H,2-5,7H2,1H3,(H,15,17). The average Bonchev–Trinajstić information content (AvgIpc) is 2.65. The van der Waals surface area contributed by atoms with Crippen LogP contribution < -0.4 is 5.32 Å². The summed E-state index contributed by atoms with van der Waals surface area (Å²) in [6.45, 7) is 0.257. The Kier molecular flexibility index (Phi) is 4.71. The van der Waals surface area contributed by atoms with Crippen LogP contribution >= 0.6 is 35.0 Å². The molecule has 1 aliphatic heterocycles. The van der Waals surface area contributed by atoms with Gasteiger partial charge in [-0.15, -0.1) is 0 Å². The van der Waals surface area contributed by atoms with E-state index in [4.69, 9.17) is 23.2 Å². The minimum absolute atomic E-state index is 0.257. The Hall–Kier alpha value is -0.360. The highest BCUT2D eigenvalue weighted by atomic mass is 35.5. The van der Waals surface area contributed by atoms with Crippen LogP contribution in [0, 0.1) is 0 Å². The number of amides is 1. The molecule has 1 aromatic rings. The van der Waals surface area contributed by atoms with Crippen LogP contribution in [0.5, 0.6) is 0 Å². The summed E-state index contributed by atoms with van der Waals surface area (Å²) >= 11 is 13.6. The molecule has 0 unspecified atom stereocenters. The number of nitrogens with zero attached hydrogens (tertiary/aromatic N) is 1. The molecule has 1 fully saturated rings. The van der Waals surface area contributed by atoms with Crippen molar-refractivity contribution in [3.05, 3.63) is 21.9 Å². The molecule has 0 spiro atoms. The molecule has 4 nitrogen and oxygen atoms in total. The molecule has 1 aliphatic rings. The van der Waals surface area contributed by atoms with Gasteiger partial charge >= 0.3 is 0 Å². The average molecular weight is 323 g/mol. The van der Waals surface area contributed by atoms with E-state index in [0.29, 0.717) is 28.7 Å². The first-order chi connectivity index (χ1) is 8.93. The molecule has 2 N–H and O–H groups in total. The van der Waals surface area contributed by atoms with Gasteiger partial charge in [-0.1, -0.05) is 23.2 Å². The molecule has 0 aromatic carbocycles. The van der Waals surface area contributed by atoms with Gasteiger partial charge in [0.05, 0.1) is 10.6 Å². The first-order valence-electron chi connectivity index (χ1n) is 6.02. The van der Waals surface area contributed by atoms with E-state index in [1.165, 1.54) is 10.6 Å². The summed E-state index contributed by atoms with van der Waals surface area (Å²) in [6, 6.07) is 1.53. The summed E-state index contributed by atoms with van der Waals surface area (Å²) in [5.41, 5.74) is -0.400. The SMILES string of the molecule is Cn1c(C(=O)NCC2(O)CCSCC2)cc(Cl)c1Cl. The third-order valence-corrected chi connectivity index (χ3v) is 5.18. The first-order valence-corrected chi connectivity index (χ1v) is 7.93. The molecule has 0 bridgehead atoms. The molecule has 0 aliphatic carbocycles. The summed E-state index contributed by atoms with van der Waals surface area (Å²) < 4.78 is 1.53. The van der Waals surface area contributed by atoms with Gasteiger partial charge in [-0.2, -0.15) is 11.8 Å². The van der Waals surface area contributed by atoms with Gasteiger partial charge < -0.3 is 15.0 Å². The van der Waals surface area contributed by atoms with Crippen molar-refractivity contribution in [2.45, 2.75) is 18.4 Å². The lowest BCUT2D eigenvalue weighted by molar-refractivity contribution is 0.0310. The molecule has 1 aromatic heterocycles. The molecular formula is C12H16Cl2N2O2S. The van der Waals surface area contributed by atoms with E-state index in [0.717, 1.165) is 11.5 Å². The fourth-order valence-electron chi connectivity index (χ4n) is 2.02. The van der Waals surface area contributed by atoms with E-state index >= 15 is 0 Å². The van der Waals surface area contributed by atoms with Crippen LogP contribution in [-0.4, -0.2) is 39.2 Å². The number of halogens is 2. The Labute approximate surface area is 126 Å². The molecule has 2 rings (SSSR count). The van der Waals surface area contributed by atoms with Crippen LogP contribution in [0.25, 0.3) is 0 Å². The van der Waals surface area contributed by atoms with Gasteiger partial charge in [0.2, 0.25) is 0 Å². The zero-order valence-electron chi connectivity index (χ0n) is 10.6. The number of nitrogens with one attached hydrogen (secondary N) is 1. The van der Waals surface area contributed by atoms with Crippen molar-refractivity contribution in [3.8, 4) is 0 Å². The molecule has 1 saturated heterocycles. The number of thioether (sulfide) groups is 1. The maximum absolute atomic E-state index is 12.1. The number of carbonyl (C=O) groups excluding carboxylic acids is 1. The number of rotatable bonds is 3. The van der Waals surface area contributed by atoms with Gasteiger partial charge in [-0.25, -0.2) is 0 Å². The predicted molar refractivity (Wildman–Crippen MR) is 79.3 cm³/mol.